The van der Waals surface area contributed by atoms with Gasteiger partial charge in [0.25, 0.3) is 0 Å². The van der Waals surface area contributed by atoms with Crippen molar-refractivity contribution in [3.05, 3.63) is 35.4 Å². The van der Waals surface area contributed by atoms with Crippen molar-refractivity contribution < 1.29 is 18.0 Å². The second-order valence-corrected chi connectivity index (χ2v) is 4.59. The number of alkyl halides is 3. The molecule has 0 aliphatic carbocycles. The fourth-order valence-electron chi connectivity index (χ4n) is 1.71. The predicted molar refractivity (Wildman–Crippen MR) is 66.2 cm³/mol. The van der Waals surface area contributed by atoms with E-state index < -0.39 is 11.7 Å². The Hall–Kier alpha value is -1.56. The molecule has 6 heteroatoms. The number of amides is 1. The Morgan fingerprint density at radius 3 is 2.47 bits per heavy atom. The van der Waals surface area contributed by atoms with E-state index in [4.69, 9.17) is 5.73 Å². The van der Waals surface area contributed by atoms with E-state index in [0.29, 0.717) is 0 Å². The smallest absolute Gasteiger partial charge is 0.341 e. The molecule has 2 N–H and O–H groups in total. The number of rotatable bonds is 4. The van der Waals surface area contributed by atoms with Crippen molar-refractivity contribution in [2.45, 2.75) is 32.1 Å². The van der Waals surface area contributed by atoms with Crippen LogP contribution in [0.5, 0.6) is 0 Å². The second kappa shape index (κ2) is 6.06. The summed E-state index contributed by atoms with van der Waals surface area (Å²) in [6.45, 7) is 1.59. The molecule has 19 heavy (non-hydrogen) atoms. The monoisotopic (exact) mass is 274 g/mol. The molecule has 0 bridgehead atoms. The van der Waals surface area contributed by atoms with Gasteiger partial charge < -0.3 is 10.6 Å². The number of nitrogens with two attached hydrogens (primary N) is 1. The minimum atomic E-state index is -4.42. The van der Waals surface area contributed by atoms with Gasteiger partial charge in [0.05, 0.1) is 5.56 Å². The Morgan fingerprint density at radius 2 is 1.95 bits per heavy atom. The highest BCUT2D eigenvalue weighted by Crippen LogP contribution is 2.32. The van der Waals surface area contributed by atoms with Crippen molar-refractivity contribution in [1.29, 1.82) is 0 Å². The van der Waals surface area contributed by atoms with Crippen LogP contribution in [0.1, 0.15) is 24.5 Å². The first kappa shape index (κ1) is 15.5. The Labute approximate surface area is 110 Å². The molecule has 1 rings (SSSR count). The molecular formula is C13H17F3N2O. The third kappa shape index (κ3) is 4.55. The van der Waals surface area contributed by atoms with Crippen molar-refractivity contribution in [3.63, 3.8) is 0 Å². The van der Waals surface area contributed by atoms with E-state index in [1.54, 1.807) is 6.92 Å². The van der Waals surface area contributed by atoms with E-state index in [2.05, 4.69) is 0 Å². The molecule has 0 spiro atoms. The summed E-state index contributed by atoms with van der Waals surface area (Å²) in [5.41, 5.74) is 4.86. The quantitative estimate of drug-likeness (QED) is 0.916. The SMILES string of the molecule is CC(N)CC(=O)N(C)Cc1ccccc1C(F)(F)F. The summed E-state index contributed by atoms with van der Waals surface area (Å²) in [7, 11) is 1.47. The lowest BCUT2D eigenvalue weighted by molar-refractivity contribution is -0.139. The maximum atomic E-state index is 12.8. The Kier molecular flexibility index (Phi) is 4.94. The first-order chi connectivity index (χ1) is 8.71. The van der Waals surface area contributed by atoms with Gasteiger partial charge in [-0.3, -0.25) is 4.79 Å². The maximum absolute atomic E-state index is 12.8. The van der Waals surface area contributed by atoms with Gasteiger partial charge in [0.15, 0.2) is 0 Å². The molecule has 1 amide bonds. The van der Waals surface area contributed by atoms with E-state index in [1.807, 2.05) is 0 Å². The molecular weight excluding hydrogens is 257 g/mol. The van der Waals surface area contributed by atoms with E-state index in [-0.39, 0.29) is 30.5 Å². The highest BCUT2D eigenvalue weighted by molar-refractivity contribution is 5.76. The minimum absolute atomic E-state index is 0.0792. The fraction of sp³-hybridized carbons (Fsp3) is 0.462. The number of carbonyl (C=O) groups excluding carboxylic acids is 1. The van der Waals surface area contributed by atoms with Crippen molar-refractivity contribution in [2.75, 3.05) is 7.05 Å². The molecule has 1 aromatic rings. The van der Waals surface area contributed by atoms with Crippen LogP contribution >= 0.6 is 0 Å². The van der Waals surface area contributed by atoms with Crippen LogP contribution in [0.4, 0.5) is 13.2 Å². The average Bonchev–Trinajstić information content (AvgIpc) is 2.27. The second-order valence-electron chi connectivity index (χ2n) is 4.59. The summed E-state index contributed by atoms with van der Waals surface area (Å²) in [5, 5.41) is 0. The minimum Gasteiger partial charge on any atom is -0.341 e. The van der Waals surface area contributed by atoms with Crippen molar-refractivity contribution in [3.8, 4) is 0 Å². The zero-order valence-corrected chi connectivity index (χ0v) is 10.9. The molecule has 1 unspecified atom stereocenters. The summed E-state index contributed by atoms with van der Waals surface area (Å²) < 4.78 is 38.4. The standard InChI is InChI=1S/C13H17F3N2O/c1-9(17)7-12(19)18(2)8-10-5-3-4-6-11(10)13(14,15)16/h3-6,9H,7-8,17H2,1-2H3. The number of hydrogen-bond acceptors (Lipinski definition) is 2. The van der Waals surface area contributed by atoms with Gasteiger partial charge in [-0.15, -0.1) is 0 Å². The summed E-state index contributed by atoms with van der Waals surface area (Å²) >= 11 is 0. The molecule has 106 valence electrons. The van der Waals surface area contributed by atoms with E-state index in [9.17, 15) is 18.0 Å². The molecule has 0 aliphatic heterocycles. The largest absolute Gasteiger partial charge is 0.416 e. The first-order valence-corrected chi connectivity index (χ1v) is 5.86. The Balaban J connectivity index is 2.85. The van der Waals surface area contributed by atoms with Crippen molar-refractivity contribution in [1.82, 2.24) is 4.90 Å². The summed E-state index contributed by atoms with van der Waals surface area (Å²) in [6, 6.07) is 4.93. The molecule has 0 saturated carbocycles. The van der Waals surface area contributed by atoms with Gasteiger partial charge in [0.1, 0.15) is 0 Å². The summed E-state index contributed by atoms with van der Waals surface area (Å²) in [5.74, 6) is -0.271. The molecule has 3 nitrogen and oxygen atoms in total. The van der Waals surface area contributed by atoms with Crippen molar-refractivity contribution >= 4 is 5.91 Å². The zero-order valence-electron chi connectivity index (χ0n) is 10.9. The summed E-state index contributed by atoms with van der Waals surface area (Å²) in [4.78, 5) is 12.9. The molecule has 0 saturated heterocycles. The number of nitrogens with zero attached hydrogens (tertiary/aromatic N) is 1. The molecule has 0 heterocycles. The van der Waals surface area contributed by atoms with Gasteiger partial charge in [-0.2, -0.15) is 13.2 Å². The number of halogens is 3. The molecule has 1 aromatic carbocycles. The van der Waals surface area contributed by atoms with E-state index in [1.165, 1.54) is 30.1 Å². The van der Waals surface area contributed by atoms with Crippen LogP contribution in [0.25, 0.3) is 0 Å². The van der Waals surface area contributed by atoms with Gasteiger partial charge in [-0.05, 0) is 18.6 Å². The molecule has 1 atom stereocenters. The van der Waals surface area contributed by atoms with Crippen LogP contribution in [-0.2, 0) is 17.5 Å². The molecule has 0 fully saturated rings. The lowest BCUT2D eigenvalue weighted by Gasteiger charge is -2.21. The van der Waals surface area contributed by atoms with Gasteiger partial charge in [-0.1, -0.05) is 18.2 Å². The fourth-order valence-corrected chi connectivity index (χ4v) is 1.71. The lowest BCUT2D eigenvalue weighted by Crippen LogP contribution is -2.32. The number of hydrogen-bond donors (Lipinski definition) is 1. The molecule has 0 radical (unpaired) electrons. The maximum Gasteiger partial charge on any atom is 0.416 e. The summed E-state index contributed by atoms with van der Waals surface area (Å²) in [6.07, 6.45) is -4.30. The number of carbonyl (C=O) groups is 1. The normalized spacial score (nSPS) is 13.2. The van der Waals surface area contributed by atoms with Gasteiger partial charge in [-0.25, -0.2) is 0 Å². The molecule has 0 aliphatic rings. The highest BCUT2D eigenvalue weighted by atomic mass is 19.4. The molecule has 0 aromatic heterocycles. The van der Waals surface area contributed by atoms with E-state index >= 15 is 0 Å². The number of benzene rings is 1. The Morgan fingerprint density at radius 1 is 1.37 bits per heavy atom. The third-order valence-corrected chi connectivity index (χ3v) is 2.65. The van der Waals surface area contributed by atoms with Crippen LogP contribution in [0.3, 0.4) is 0 Å². The van der Waals surface area contributed by atoms with Crippen molar-refractivity contribution in [2.24, 2.45) is 5.73 Å². The van der Waals surface area contributed by atoms with Crippen LogP contribution in [-0.4, -0.2) is 23.9 Å². The first-order valence-electron chi connectivity index (χ1n) is 5.86. The lowest BCUT2D eigenvalue weighted by atomic mass is 10.1. The predicted octanol–water partition coefficient (Wildman–Crippen LogP) is 2.40. The Bertz CT molecular complexity index is 444. The van der Waals surface area contributed by atoms with E-state index in [0.717, 1.165) is 6.07 Å². The zero-order chi connectivity index (χ0) is 14.6. The van der Waals surface area contributed by atoms with Crippen LogP contribution in [0, 0.1) is 0 Å². The highest BCUT2D eigenvalue weighted by Gasteiger charge is 2.33. The van der Waals surface area contributed by atoms with Crippen LogP contribution in [0.2, 0.25) is 0 Å². The van der Waals surface area contributed by atoms with Gasteiger partial charge in [0, 0.05) is 26.1 Å². The average molecular weight is 274 g/mol. The van der Waals surface area contributed by atoms with Gasteiger partial charge >= 0.3 is 6.18 Å². The van der Waals surface area contributed by atoms with Crippen LogP contribution in [0.15, 0.2) is 24.3 Å². The third-order valence-electron chi connectivity index (χ3n) is 2.65. The topological polar surface area (TPSA) is 46.3 Å². The van der Waals surface area contributed by atoms with Gasteiger partial charge in [0.2, 0.25) is 5.91 Å². The van der Waals surface area contributed by atoms with Crippen LogP contribution < -0.4 is 5.73 Å².